The van der Waals surface area contributed by atoms with Crippen LogP contribution in [0.3, 0.4) is 0 Å². The molecule has 116 valence electrons. The number of Topliss-reactive ketones (excluding diaryl/α,β-unsaturated/α-hetero) is 1. The van der Waals surface area contributed by atoms with E-state index in [4.69, 9.17) is 0 Å². The van der Waals surface area contributed by atoms with Gasteiger partial charge >= 0.3 is 0 Å². The van der Waals surface area contributed by atoms with Crippen molar-refractivity contribution in [3.63, 3.8) is 0 Å². The van der Waals surface area contributed by atoms with Crippen LogP contribution in [0.15, 0.2) is 0 Å². The maximum absolute atomic E-state index is 12.3. The van der Waals surface area contributed by atoms with E-state index in [2.05, 4.69) is 37.6 Å². The molecular weight excluding hydrogens is 248 g/mol. The number of ketones is 1. The zero-order valence-electron chi connectivity index (χ0n) is 13.8. The highest BCUT2D eigenvalue weighted by Gasteiger charge is 2.33. The molecule has 0 amide bonds. The first-order valence-corrected chi connectivity index (χ1v) is 8.46. The summed E-state index contributed by atoms with van der Waals surface area (Å²) in [7, 11) is 2.20. The molecule has 0 aromatic heterocycles. The van der Waals surface area contributed by atoms with Crippen molar-refractivity contribution >= 4 is 5.78 Å². The van der Waals surface area contributed by atoms with Gasteiger partial charge in [0, 0.05) is 31.5 Å². The van der Waals surface area contributed by atoms with Gasteiger partial charge < -0.3 is 4.90 Å². The molecule has 0 N–H and O–H groups in total. The zero-order valence-corrected chi connectivity index (χ0v) is 13.8. The summed E-state index contributed by atoms with van der Waals surface area (Å²) in [5.74, 6) is 1.92. The molecule has 0 aromatic carbocycles. The standard InChI is InChI=1S/C17H32N2O/c1-5-19-8-6-7-15(19)11-18(4)12-16-14(3)9-13(2)10-17(16)20/h13-16H,5-12H2,1-4H3. The Balaban J connectivity index is 1.84. The van der Waals surface area contributed by atoms with Crippen molar-refractivity contribution in [3.05, 3.63) is 0 Å². The maximum Gasteiger partial charge on any atom is 0.137 e. The molecule has 1 saturated heterocycles. The number of carbonyl (C=O) groups excluding carboxylic acids is 1. The number of likely N-dealkylation sites (N-methyl/N-ethyl adjacent to an activating group) is 2. The Morgan fingerprint density at radius 1 is 1.30 bits per heavy atom. The van der Waals surface area contributed by atoms with Crippen molar-refractivity contribution in [2.75, 3.05) is 33.2 Å². The third-order valence-electron chi connectivity index (χ3n) is 5.36. The predicted molar refractivity (Wildman–Crippen MR) is 83.8 cm³/mol. The maximum atomic E-state index is 12.3. The number of rotatable bonds is 5. The van der Waals surface area contributed by atoms with Gasteiger partial charge in [-0.1, -0.05) is 20.8 Å². The Hall–Kier alpha value is -0.410. The van der Waals surface area contributed by atoms with Crippen LogP contribution in [-0.2, 0) is 4.79 Å². The lowest BCUT2D eigenvalue weighted by molar-refractivity contribution is -0.128. The molecule has 0 spiro atoms. The molecule has 20 heavy (non-hydrogen) atoms. The molecule has 2 aliphatic rings. The molecule has 1 saturated carbocycles. The molecule has 1 heterocycles. The molecule has 0 radical (unpaired) electrons. The molecule has 3 heteroatoms. The highest BCUT2D eigenvalue weighted by molar-refractivity contribution is 5.82. The fourth-order valence-corrected chi connectivity index (χ4v) is 4.26. The van der Waals surface area contributed by atoms with Gasteiger partial charge in [0.1, 0.15) is 5.78 Å². The summed E-state index contributed by atoms with van der Waals surface area (Å²) in [5, 5.41) is 0. The van der Waals surface area contributed by atoms with Gasteiger partial charge in [-0.25, -0.2) is 0 Å². The topological polar surface area (TPSA) is 23.6 Å². The molecule has 2 fully saturated rings. The molecule has 0 bridgehead atoms. The second-order valence-electron chi connectivity index (χ2n) is 7.24. The van der Waals surface area contributed by atoms with Crippen LogP contribution in [0.1, 0.15) is 46.5 Å². The van der Waals surface area contributed by atoms with Crippen molar-refractivity contribution in [3.8, 4) is 0 Å². The van der Waals surface area contributed by atoms with Crippen LogP contribution in [0.5, 0.6) is 0 Å². The third kappa shape index (κ3) is 3.82. The monoisotopic (exact) mass is 280 g/mol. The highest BCUT2D eigenvalue weighted by Crippen LogP contribution is 2.31. The van der Waals surface area contributed by atoms with Crippen molar-refractivity contribution in [1.29, 1.82) is 0 Å². The Bertz CT molecular complexity index is 331. The third-order valence-corrected chi connectivity index (χ3v) is 5.36. The minimum absolute atomic E-state index is 0.271. The summed E-state index contributed by atoms with van der Waals surface area (Å²) in [6.07, 6.45) is 4.67. The van der Waals surface area contributed by atoms with Gasteiger partial charge in [0.15, 0.2) is 0 Å². The van der Waals surface area contributed by atoms with Crippen LogP contribution in [0.4, 0.5) is 0 Å². The summed E-state index contributed by atoms with van der Waals surface area (Å²) >= 11 is 0. The Kier molecular flexibility index (Phi) is 5.62. The summed E-state index contributed by atoms with van der Waals surface area (Å²) in [6.45, 7) is 11.2. The average Bonchev–Trinajstić information content (AvgIpc) is 2.81. The Morgan fingerprint density at radius 3 is 2.70 bits per heavy atom. The van der Waals surface area contributed by atoms with Gasteiger partial charge in [-0.2, -0.15) is 0 Å². The number of carbonyl (C=O) groups is 1. The van der Waals surface area contributed by atoms with Crippen LogP contribution in [0.2, 0.25) is 0 Å². The van der Waals surface area contributed by atoms with Gasteiger partial charge in [0.05, 0.1) is 0 Å². The van der Waals surface area contributed by atoms with E-state index in [1.54, 1.807) is 0 Å². The molecule has 4 atom stereocenters. The smallest absolute Gasteiger partial charge is 0.137 e. The fourth-order valence-electron chi connectivity index (χ4n) is 4.26. The SMILES string of the molecule is CCN1CCCC1CN(C)CC1C(=O)CC(C)CC1C. The van der Waals surface area contributed by atoms with Gasteiger partial charge in [-0.15, -0.1) is 0 Å². The van der Waals surface area contributed by atoms with E-state index < -0.39 is 0 Å². The summed E-state index contributed by atoms with van der Waals surface area (Å²) in [4.78, 5) is 17.3. The van der Waals surface area contributed by atoms with Crippen molar-refractivity contribution in [2.24, 2.45) is 17.8 Å². The first-order chi connectivity index (χ1) is 9.51. The summed E-state index contributed by atoms with van der Waals surface area (Å²) in [6, 6.07) is 0.706. The molecule has 3 nitrogen and oxygen atoms in total. The molecule has 1 aliphatic heterocycles. The summed E-state index contributed by atoms with van der Waals surface area (Å²) in [5.41, 5.74) is 0. The van der Waals surface area contributed by atoms with Crippen LogP contribution in [0.25, 0.3) is 0 Å². The minimum Gasteiger partial charge on any atom is -0.304 e. The van der Waals surface area contributed by atoms with E-state index in [9.17, 15) is 4.79 Å². The number of hydrogen-bond acceptors (Lipinski definition) is 3. The Labute approximate surface area is 124 Å². The lowest BCUT2D eigenvalue weighted by Crippen LogP contribution is -2.44. The van der Waals surface area contributed by atoms with E-state index in [1.807, 2.05) is 0 Å². The predicted octanol–water partition coefficient (Wildman–Crippen LogP) is 2.65. The molecule has 0 aromatic rings. The highest BCUT2D eigenvalue weighted by atomic mass is 16.1. The van der Waals surface area contributed by atoms with Gasteiger partial charge in [0.2, 0.25) is 0 Å². The Morgan fingerprint density at radius 2 is 2.05 bits per heavy atom. The van der Waals surface area contributed by atoms with Crippen molar-refractivity contribution in [2.45, 2.75) is 52.5 Å². The first-order valence-electron chi connectivity index (χ1n) is 8.46. The lowest BCUT2D eigenvalue weighted by Gasteiger charge is -2.35. The molecule has 2 rings (SSSR count). The minimum atomic E-state index is 0.271. The van der Waals surface area contributed by atoms with Crippen LogP contribution in [0, 0.1) is 17.8 Å². The van der Waals surface area contributed by atoms with E-state index >= 15 is 0 Å². The quantitative estimate of drug-likeness (QED) is 0.773. The van der Waals surface area contributed by atoms with E-state index in [0.717, 1.165) is 26.1 Å². The molecule has 1 aliphatic carbocycles. The normalized spacial score (nSPS) is 36.0. The van der Waals surface area contributed by atoms with E-state index in [1.165, 1.54) is 25.8 Å². The fraction of sp³-hybridized carbons (Fsp3) is 0.941. The largest absolute Gasteiger partial charge is 0.304 e. The summed E-state index contributed by atoms with van der Waals surface area (Å²) < 4.78 is 0. The van der Waals surface area contributed by atoms with Crippen molar-refractivity contribution in [1.82, 2.24) is 9.80 Å². The zero-order chi connectivity index (χ0) is 14.7. The van der Waals surface area contributed by atoms with Gasteiger partial charge in [-0.05, 0) is 51.2 Å². The second kappa shape index (κ2) is 7.04. The lowest BCUT2D eigenvalue weighted by atomic mass is 9.74. The first kappa shape index (κ1) is 16.0. The van der Waals surface area contributed by atoms with E-state index in [-0.39, 0.29) is 5.92 Å². The van der Waals surface area contributed by atoms with Crippen LogP contribution < -0.4 is 0 Å². The van der Waals surface area contributed by atoms with Gasteiger partial charge in [-0.3, -0.25) is 9.69 Å². The average molecular weight is 280 g/mol. The van der Waals surface area contributed by atoms with Crippen LogP contribution in [-0.4, -0.2) is 54.9 Å². The van der Waals surface area contributed by atoms with Crippen LogP contribution >= 0.6 is 0 Å². The van der Waals surface area contributed by atoms with Gasteiger partial charge in [0.25, 0.3) is 0 Å². The number of nitrogens with zero attached hydrogens (tertiary/aromatic N) is 2. The van der Waals surface area contributed by atoms with Crippen molar-refractivity contribution < 1.29 is 4.79 Å². The molecule has 4 unspecified atom stereocenters. The molecular formula is C17H32N2O. The van der Waals surface area contributed by atoms with E-state index in [0.29, 0.717) is 23.7 Å². The second-order valence-corrected chi connectivity index (χ2v) is 7.24. The number of hydrogen-bond donors (Lipinski definition) is 0. The number of likely N-dealkylation sites (tertiary alicyclic amines) is 1.